The molecule has 2 rings (SSSR count). The third kappa shape index (κ3) is 6.29. The van der Waals surface area contributed by atoms with Gasteiger partial charge in [-0.2, -0.15) is 0 Å². The van der Waals surface area contributed by atoms with E-state index in [1.807, 2.05) is 17.1 Å². The molecule has 1 amide bonds. The zero-order valence-corrected chi connectivity index (χ0v) is 15.1. The molecule has 135 valence electrons. The Balaban J connectivity index is 1.59. The van der Waals surface area contributed by atoms with Crippen LogP contribution < -0.4 is 5.73 Å². The van der Waals surface area contributed by atoms with Crippen molar-refractivity contribution in [3.63, 3.8) is 0 Å². The van der Waals surface area contributed by atoms with Gasteiger partial charge < -0.3 is 15.4 Å². The molecule has 1 atom stereocenters. The fraction of sp³-hybridized carbons (Fsp3) is 0.684. The maximum atomic E-state index is 12.3. The molecule has 5 nitrogen and oxygen atoms in total. The summed E-state index contributed by atoms with van der Waals surface area (Å²) in [4.78, 5) is 16.7. The highest BCUT2D eigenvalue weighted by Gasteiger charge is 2.25. The van der Waals surface area contributed by atoms with Gasteiger partial charge in [-0.15, -0.1) is 0 Å². The van der Waals surface area contributed by atoms with Crippen LogP contribution in [0.15, 0.2) is 24.0 Å². The van der Waals surface area contributed by atoms with Crippen molar-refractivity contribution in [3.05, 3.63) is 30.4 Å². The molecule has 1 fully saturated rings. The molecule has 1 aliphatic carbocycles. The molecule has 0 saturated carbocycles. The Morgan fingerprint density at radius 1 is 1.29 bits per heavy atom. The molecule has 1 radical (unpaired) electrons. The van der Waals surface area contributed by atoms with Crippen molar-refractivity contribution in [2.24, 2.45) is 11.7 Å². The second kappa shape index (κ2) is 9.84. The van der Waals surface area contributed by atoms with Crippen molar-refractivity contribution < 1.29 is 9.53 Å². The number of allylic oxidation sites excluding steroid dienone is 3. The third-order valence-electron chi connectivity index (χ3n) is 4.47. The number of nitrogens with zero attached hydrogens (tertiary/aromatic N) is 2. The van der Waals surface area contributed by atoms with Gasteiger partial charge in [0.1, 0.15) is 5.76 Å². The van der Waals surface area contributed by atoms with E-state index in [1.54, 1.807) is 0 Å². The van der Waals surface area contributed by atoms with E-state index >= 15 is 0 Å². The van der Waals surface area contributed by atoms with E-state index in [0.29, 0.717) is 5.92 Å². The molecule has 0 spiro atoms. The Kier molecular flexibility index (Phi) is 7.79. The summed E-state index contributed by atoms with van der Waals surface area (Å²) in [7, 11) is 0. The van der Waals surface area contributed by atoms with Gasteiger partial charge in [-0.1, -0.05) is 19.9 Å². The topological polar surface area (TPSA) is 58.8 Å². The quantitative estimate of drug-likeness (QED) is 0.690. The SMILES string of the molecule is CC(C)C[C@H](N)C(=O)N1CCN(CCCOC2=CC[CH]C=C2)CC1. The smallest absolute Gasteiger partial charge is 0.239 e. The zero-order valence-electron chi connectivity index (χ0n) is 15.1. The monoisotopic (exact) mass is 334 g/mol. The highest BCUT2D eigenvalue weighted by molar-refractivity contribution is 5.81. The number of carbonyl (C=O) groups excluding carboxylic acids is 1. The van der Waals surface area contributed by atoms with Crippen LogP contribution in [0, 0.1) is 12.3 Å². The molecular weight excluding hydrogens is 302 g/mol. The summed E-state index contributed by atoms with van der Waals surface area (Å²) in [6, 6.07) is -0.348. The van der Waals surface area contributed by atoms with Gasteiger partial charge in [0.25, 0.3) is 0 Å². The number of ether oxygens (including phenoxy) is 1. The van der Waals surface area contributed by atoms with Crippen LogP contribution in [0.1, 0.15) is 33.1 Å². The number of piperazine rings is 1. The molecule has 5 heteroatoms. The standard InChI is InChI=1S/C19H32N3O2/c1-16(2)15-18(20)19(23)22-12-10-21(11-13-22)9-6-14-24-17-7-4-3-5-8-17/h3-4,7-8,16,18H,5-6,9-15,20H2,1-2H3/t18-/m0/s1. The summed E-state index contributed by atoms with van der Waals surface area (Å²) in [5.41, 5.74) is 6.02. The van der Waals surface area contributed by atoms with Crippen LogP contribution >= 0.6 is 0 Å². The van der Waals surface area contributed by atoms with Crippen LogP contribution in [0.2, 0.25) is 0 Å². The first-order valence-electron chi connectivity index (χ1n) is 9.16. The molecule has 1 heterocycles. The van der Waals surface area contributed by atoms with E-state index in [-0.39, 0.29) is 11.9 Å². The van der Waals surface area contributed by atoms with Crippen LogP contribution in [-0.2, 0) is 9.53 Å². The molecule has 2 N–H and O–H groups in total. The van der Waals surface area contributed by atoms with Gasteiger partial charge in [0, 0.05) is 32.7 Å². The normalized spacial score (nSPS) is 20.2. The number of nitrogens with two attached hydrogens (primary N) is 1. The summed E-state index contributed by atoms with van der Waals surface area (Å²) in [6.45, 7) is 9.40. The van der Waals surface area contributed by atoms with Crippen LogP contribution in [-0.4, -0.2) is 61.1 Å². The summed E-state index contributed by atoms with van der Waals surface area (Å²) < 4.78 is 5.75. The highest BCUT2D eigenvalue weighted by atomic mass is 16.5. The average Bonchev–Trinajstić information content (AvgIpc) is 2.59. The number of rotatable bonds is 8. The summed E-state index contributed by atoms with van der Waals surface area (Å²) in [5.74, 6) is 1.55. The van der Waals surface area contributed by atoms with Gasteiger partial charge >= 0.3 is 0 Å². The molecule has 0 unspecified atom stereocenters. The first-order chi connectivity index (χ1) is 11.6. The summed E-state index contributed by atoms with van der Waals surface area (Å²) in [5, 5.41) is 0. The summed E-state index contributed by atoms with van der Waals surface area (Å²) in [6.07, 6.45) is 11.0. The predicted octanol–water partition coefficient (Wildman–Crippen LogP) is 1.96. The van der Waals surface area contributed by atoms with E-state index in [0.717, 1.165) is 64.4 Å². The van der Waals surface area contributed by atoms with Crippen molar-refractivity contribution in [1.29, 1.82) is 0 Å². The van der Waals surface area contributed by atoms with Crippen molar-refractivity contribution in [1.82, 2.24) is 9.80 Å². The number of hydrogen-bond donors (Lipinski definition) is 1. The van der Waals surface area contributed by atoms with Crippen LogP contribution in [0.4, 0.5) is 0 Å². The van der Waals surface area contributed by atoms with Gasteiger partial charge in [0.05, 0.1) is 12.6 Å². The molecule has 0 aromatic heterocycles. The Morgan fingerprint density at radius 3 is 2.67 bits per heavy atom. The molecule has 0 aromatic carbocycles. The van der Waals surface area contributed by atoms with E-state index in [2.05, 4.69) is 31.2 Å². The Hall–Kier alpha value is -1.33. The maximum Gasteiger partial charge on any atom is 0.239 e. The van der Waals surface area contributed by atoms with E-state index in [1.165, 1.54) is 0 Å². The molecule has 0 bridgehead atoms. The number of carbonyl (C=O) groups is 1. The Morgan fingerprint density at radius 2 is 2.04 bits per heavy atom. The van der Waals surface area contributed by atoms with Crippen molar-refractivity contribution >= 4 is 5.91 Å². The zero-order chi connectivity index (χ0) is 17.4. The van der Waals surface area contributed by atoms with Gasteiger partial charge in [0.15, 0.2) is 0 Å². The van der Waals surface area contributed by atoms with Crippen molar-refractivity contribution in [2.75, 3.05) is 39.3 Å². The van der Waals surface area contributed by atoms with Gasteiger partial charge in [-0.3, -0.25) is 9.69 Å². The molecule has 0 aromatic rings. The van der Waals surface area contributed by atoms with Gasteiger partial charge in [-0.25, -0.2) is 0 Å². The van der Waals surface area contributed by atoms with Gasteiger partial charge in [-0.05, 0) is 43.8 Å². The lowest BCUT2D eigenvalue weighted by Gasteiger charge is -2.36. The first-order valence-corrected chi connectivity index (χ1v) is 9.16. The van der Waals surface area contributed by atoms with Crippen LogP contribution in [0.5, 0.6) is 0 Å². The first kappa shape index (κ1) is 19.0. The van der Waals surface area contributed by atoms with Crippen LogP contribution in [0.3, 0.4) is 0 Å². The fourth-order valence-electron chi connectivity index (χ4n) is 3.11. The Bertz CT molecular complexity index is 452. The summed E-state index contributed by atoms with van der Waals surface area (Å²) >= 11 is 0. The van der Waals surface area contributed by atoms with Crippen molar-refractivity contribution in [2.45, 2.75) is 39.2 Å². The minimum Gasteiger partial charge on any atom is -0.494 e. The highest BCUT2D eigenvalue weighted by Crippen LogP contribution is 2.11. The Labute approximate surface area is 146 Å². The molecule has 24 heavy (non-hydrogen) atoms. The van der Waals surface area contributed by atoms with Crippen molar-refractivity contribution in [3.8, 4) is 0 Å². The molecular formula is C19H32N3O2. The molecule has 1 saturated heterocycles. The minimum atomic E-state index is -0.348. The third-order valence-corrected chi connectivity index (χ3v) is 4.47. The maximum absolute atomic E-state index is 12.3. The fourth-order valence-corrected chi connectivity index (χ4v) is 3.11. The lowest BCUT2D eigenvalue weighted by Crippen LogP contribution is -2.53. The molecule has 2 aliphatic rings. The second-order valence-corrected chi connectivity index (χ2v) is 7.04. The lowest BCUT2D eigenvalue weighted by molar-refractivity contribution is -0.134. The van der Waals surface area contributed by atoms with Gasteiger partial charge in [0.2, 0.25) is 5.91 Å². The predicted molar refractivity (Wildman–Crippen MR) is 97.2 cm³/mol. The largest absolute Gasteiger partial charge is 0.494 e. The minimum absolute atomic E-state index is 0.111. The average molecular weight is 334 g/mol. The number of hydrogen-bond acceptors (Lipinski definition) is 4. The number of amides is 1. The van der Waals surface area contributed by atoms with E-state index in [9.17, 15) is 4.79 Å². The molecule has 1 aliphatic heterocycles. The van der Waals surface area contributed by atoms with E-state index in [4.69, 9.17) is 10.5 Å². The van der Waals surface area contributed by atoms with E-state index < -0.39 is 0 Å². The van der Waals surface area contributed by atoms with Crippen LogP contribution in [0.25, 0.3) is 0 Å². The second-order valence-electron chi connectivity index (χ2n) is 7.04. The lowest BCUT2D eigenvalue weighted by atomic mass is 10.0.